The van der Waals surface area contributed by atoms with Gasteiger partial charge in [-0.1, -0.05) is 28.1 Å². The minimum absolute atomic E-state index is 0.197. The number of benzene rings is 1. The Kier molecular flexibility index (Phi) is 4.10. The van der Waals surface area contributed by atoms with Gasteiger partial charge in [0.1, 0.15) is 6.61 Å². The zero-order valence-corrected chi connectivity index (χ0v) is 9.72. The molecule has 0 atom stereocenters. The molecule has 0 aromatic heterocycles. The smallest absolute Gasteiger partial charge is 0.240 e. The Bertz CT molecular complexity index is 339. The molecular weight excluding hydrogens is 246 g/mol. The van der Waals surface area contributed by atoms with Gasteiger partial charge in [-0.05, 0) is 24.1 Å². The number of amides is 1. The van der Waals surface area contributed by atoms with Crippen LogP contribution in [0.4, 0.5) is 0 Å². The zero-order chi connectivity index (χ0) is 10.6. The van der Waals surface area contributed by atoms with E-state index in [0.29, 0.717) is 6.61 Å². The number of rotatable bonds is 3. The Balaban J connectivity index is 2.59. The van der Waals surface area contributed by atoms with E-state index in [1.807, 2.05) is 25.1 Å². The first-order valence-corrected chi connectivity index (χ1v) is 5.03. The van der Waals surface area contributed by atoms with Crippen molar-refractivity contribution in [1.29, 1.82) is 0 Å². The van der Waals surface area contributed by atoms with Crippen molar-refractivity contribution in [3.05, 3.63) is 33.8 Å². The topological polar surface area (TPSA) is 38.3 Å². The lowest BCUT2D eigenvalue weighted by molar-refractivity contribution is -0.132. The van der Waals surface area contributed by atoms with Crippen LogP contribution in [0.1, 0.15) is 18.1 Å². The predicted molar refractivity (Wildman–Crippen MR) is 57.5 cm³/mol. The largest absolute Gasteiger partial charge is 0.273 e. The van der Waals surface area contributed by atoms with Crippen molar-refractivity contribution in [3.63, 3.8) is 0 Å². The number of carbonyl (C=O) groups excluding carboxylic acids is 1. The van der Waals surface area contributed by atoms with Crippen molar-refractivity contribution in [2.75, 3.05) is 0 Å². The molecule has 14 heavy (non-hydrogen) atoms. The molecule has 0 unspecified atom stereocenters. The van der Waals surface area contributed by atoms with Crippen LogP contribution in [0.5, 0.6) is 0 Å². The number of nitrogens with one attached hydrogen (secondary N) is 1. The standard InChI is InChI=1S/C10H12BrNO2/c1-7-9(4-3-5-10(7)11)6-14-12-8(2)13/h3-5H,6H2,1-2H3,(H,12,13). The number of hydrogen-bond donors (Lipinski definition) is 1. The van der Waals surface area contributed by atoms with Crippen molar-refractivity contribution in [3.8, 4) is 0 Å². The molecule has 1 N–H and O–H groups in total. The number of carbonyl (C=O) groups is 1. The Hall–Kier alpha value is -0.870. The van der Waals surface area contributed by atoms with Crippen LogP contribution in [-0.4, -0.2) is 5.91 Å². The molecule has 0 aliphatic heterocycles. The molecule has 0 heterocycles. The highest BCUT2D eigenvalue weighted by molar-refractivity contribution is 9.10. The quantitative estimate of drug-likeness (QED) is 0.845. The molecule has 0 spiro atoms. The third-order valence-electron chi connectivity index (χ3n) is 1.82. The van der Waals surface area contributed by atoms with E-state index in [4.69, 9.17) is 4.84 Å². The SMILES string of the molecule is CC(=O)NOCc1cccc(Br)c1C. The third-order valence-corrected chi connectivity index (χ3v) is 2.68. The molecule has 0 saturated carbocycles. The van der Waals surface area contributed by atoms with Crippen LogP contribution >= 0.6 is 15.9 Å². The molecular formula is C10H12BrNO2. The van der Waals surface area contributed by atoms with E-state index in [1.54, 1.807) is 0 Å². The fourth-order valence-electron chi connectivity index (χ4n) is 1.02. The summed E-state index contributed by atoms with van der Waals surface area (Å²) in [6, 6.07) is 5.86. The maximum absolute atomic E-state index is 10.5. The Labute approximate surface area is 91.5 Å². The second-order valence-corrected chi connectivity index (χ2v) is 3.83. The molecule has 1 aromatic carbocycles. The molecule has 0 radical (unpaired) electrons. The Morgan fingerprint density at radius 1 is 1.57 bits per heavy atom. The van der Waals surface area contributed by atoms with Crippen LogP contribution in [0.15, 0.2) is 22.7 Å². The van der Waals surface area contributed by atoms with Gasteiger partial charge < -0.3 is 0 Å². The highest BCUT2D eigenvalue weighted by atomic mass is 79.9. The lowest BCUT2D eigenvalue weighted by atomic mass is 10.1. The van der Waals surface area contributed by atoms with Crippen molar-refractivity contribution in [2.45, 2.75) is 20.5 Å². The second-order valence-electron chi connectivity index (χ2n) is 2.97. The summed E-state index contributed by atoms with van der Waals surface area (Å²) in [5, 5.41) is 0. The zero-order valence-electron chi connectivity index (χ0n) is 8.13. The number of hydrogen-bond acceptors (Lipinski definition) is 2. The van der Waals surface area contributed by atoms with Crippen molar-refractivity contribution < 1.29 is 9.63 Å². The molecule has 1 aromatic rings. The maximum atomic E-state index is 10.5. The van der Waals surface area contributed by atoms with E-state index in [-0.39, 0.29) is 5.91 Å². The van der Waals surface area contributed by atoms with Gasteiger partial charge >= 0.3 is 0 Å². The first-order chi connectivity index (χ1) is 6.61. The summed E-state index contributed by atoms with van der Waals surface area (Å²) in [5.41, 5.74) is 4.46. The van der Waals surface area contributed by atoms with Gasteiger partial charge in [0.05, 0.1) is 0 Å². The van der Waals surface area contributed by atoms with Crippen LogP contribution < -0.4 is 5.48 Å². The van der Waals surface area contributed by atoms with Gasteiger partial charge in [0, 0.05) is 11.4 Å². The lowest BCUT2D eigenvalue weighted by Crippen LogP contribution is -2.20. The first-order valence-electron chi connectivity index (χ1n) is 4.23. The minimum atomic E-state index is -0.197. The van der Waals surface area contributed by atoms with E-state index in [2.05, 4.69) is 21.4 Å². The van der Waals surface area contributed by atoms with Gasteiger partial charge in [-0.15, -0.1) is 0 Å². The van der Waals surface area contributed by atoms with Crippen LogP contribution in [-0.2, 0) is 16.2 Å². The van der Waals surface area contributed by atoms with Crippen molar-refractivity contribution >= 4 is 21.8 Å². The Morgan fingerprint density at radius 2 is 2.29 bits per heavy atom. The summed E-state index contributed by atoms with van der Waals surface area (Å²) < 4.78 is 1.04. The number of hydroxylamine groups is 1. The molecule has 0 saturated heterocycles. The fourth-order valence-corrected chi connectivity index (χ4v) is 1.43. The fraction of sp³-hybridized carbons (Fsp3) is 0.300. The molecule has 4 heteroatoms. The normalized spacial score (nSPS) is 9.93. The van der Waals surface area contributed by atoms with Gasteiger partial charge in [-0.25, -0.2) is 5.48 Å². The van der Waals surface area contributed by atoms with E-state index >= 15 is 0 Å². The maximum Gasteiger partial charge on any atom is 0.240 e. The van der Waals surface area contributed by atoms with E-state index in [0.717, 1.165) is 15.6 Å². The van der Waals surface area contributed by atoms with Gasteiger partial charge in [0.2, 0.25) is 5.91 Å². The monoisotopic (exact) mass is 257 g/mol. The molecule has 1 amide bonds. The average molecular weight is 258 g/mol. The third kappa shape index (κ3) is 3.12. The summed E-state index contributed by atoms with van der Waals surface area (Å²) in [5.74, 6) is -0.197. The summed E-state index contributed by atoms with van der Waals surface area (Å²) in [7, 11) is 0. The second kappa shape index (κ2) is 5.12. The van der Waals surface area contributed by atoms with Crippen LogP contribution in [0.25, 0.3) is 0 Å². The van der Waals surface area contributed by atoms with Crippen LogP contribution in [0, 0.1) is 6.92 Å². The highest BCUT2D eigenvalue weighted by Gasteiger charge is 2.01. The summed E-state index contributed by atoms with van der Waals surface area (Å²) in [6.45, 7) is 3.79. The van der Waals surface area contributed by atoms with E-state index in [1.165, 1.54) is 6.92 Å². The molecule has 76 valence electrons. The average Bonchev–Trinajstić information content (AvgIpc) is 2.12. The van der Waals surface area contributed by atoms with Gasteiger partial charge in [-0.2, -0.15) is 0 Å². The summed E-state index contributed by atoms with van der Waals surface area (Å²) in [6.07, 6.45) is 0. The lowest BCUT2D eigenvalue weighted by Gasteiger charge is -2.07. The molecule has 0 bridgehead atoms. The van der Waals surface area contributed by atoms with Crippen molar-refractivity contribution in [2.24, 2.45) is 0 Å². The molecule has 3 nitrogen and oxygen atoms in total. The van der Waals surface area contributed by atoms with E-state index in [9.17, 15) is 4.79 Å². The summed E-state index contributed by atoms with van der Waals surface area (Å²) in [4.78, 5) is 15.5. The van der Waals surface area contributed by atoms with Gasteiger partial charge in [0.15, 0.2) is 0 Å². The van der Waals surface area contributed by atoms with Gasteiger partial charge in [0.25, 0.3) is 0 Å². The molecule has 1 rings (SSSR count). The van der Waals surface area contributed by atoms with E-state index < -0.39 is 0 Å². The Morgan fingerprint density at radius 3 is 2.93 bits per heavy atom. The van der Waals surface area contributed by atoms with Crippen LogP contribution in [0.3, 0.4) is 0 Å². The first kappa shape index (κ1) is 11.2. The van der Waals surface area contributed by atoms with Gasteiger partial charge in [-0.3, -0.25) is 9.63 Å². The highest BCUT2D eigenvalue weighted by Crippen LogP contribution is 2.19. The van der Waals surface area contributed by atoms with Crippen molar-refractivity contribution in [1.82, 2.24) is 5.48 Å². The summed E-state index contributed by atoms with van der Waals surface area (Å²) >= 11 is 3.42. The molecule has 0 fully saturated rings. The minimum Gasteiger partial charge on any atom is -0.273 e. The molecule has 0 aliphatic carbocycles. The number of halogens is 1. The van der Waals surface area contributed by atoms with Crippen LogP contribution in [0.2, 0.25) is 0 Å². The molecule has 0 aliphatic rings. The predicted octanol–water partition coefficient (Wildman–Crippen LogP) is 2.33.